The summed E-state index contributed by atoms with van der Waals surface area (Å²) in [4.78, 5) is 14.4. The fourth-order valence-electron chi connectivity index (χ4n) is 2.79. The van der Waals surface area contributed by atoms with E-state index in [1.165, 1.54) is 22.2 Å². The highest BCUT2D eigenvalue weighted by Crippen LogP contribution is 2.28. The predicted octanol–water partition coefficient (Wildman–Crippen LogP) is 2.52. The molecule has 0 bridgehead atoms. The Labute approximate surface area is 111 Å². The van der Waals surface area contributed by atoms with E-state index in [4.69, 9.17) is 0 Å². The van der Waals surface area contributed by atoms with Gasteiger partial charge >= 0.3 is 0 Å². The summed E-state index contributed by atoms with van der Waals surface area (Å²) in [6.07, 6.45) is 4.61. The summed E-state index contributed by atoms with van der Waals surface area (Å²) in [5.41, 5.74) is 3.96. The number of fused-ring (bicyclic) bond motifs is 3. The zero-order valence-electron chi connectivity index (χ0n) is 10.5. The van der Waals surface area contributed by atoms with Crippen molar-refractivity contribution < 1.29 is 0 Å². The smallest absolute Gasteiger partial charge is 0.225 e. The molecule has 0 amide bonds. The van der Waals surface area contributed by atoms with Crippen LogP contribution in [0, 0.1) is 0 Å². The molecule has 0 aliphatic carbocycles. The van der Waals surface area contributed by atoms with Crippen molar-refractivity contribution in [2.24, 2.45) is 0 Å². The third-order valence-corrected chi connectivity index (χ3v) is 3.72. The minimum Gasteiger partial charge on any atom is -0.358 e. The SMILES string of the molecule is c1cnc(N2CCc3[nH]c4ccccc4c3C2)nc1. The molecule has 0 saturated carbocycles. The van der Waals surface area contributed by atoms with Gasteiger partial charge in [-0.3, -0.25) is 0 Å². The molecular formula is C15H14N4. The maximum absolute atomic E-state index is 4.34. The Morgan fingerprint density at radius 1 is 1.05 bits per heavy atom. The fourth-order valence-corrected chi connectivity index (χ4v) is 2.79. The lowest BCUT2D eigenvalue weighted by molar-refractivity contribution is 0.703. The number of nitrogens with zero attached hydrogens (tertiary/aromatic N) is 3. The Kier molecular flexibility index (Phi) is 2.27. The Hall–Kier alpha value is -2.36. The van der Waals surface area contributed by atoms with Crippen LogP contribution >= 0.6 is 0 Å². The molecule has 4 rings (SSSR count). The van der Waals surface area contributed by atoms with Gasteiger partial charge in [-0.1, -0.05) is 18.2 Å². The minimum atomic E-state index is 0.818. The highest BCUT2D eigenvalue weighted by Gasteiger charge is 2.21. The summed E-state index contributed by atoms with van der Waals surface area (Å²) in [6.45, 7) is 1.84. The zero-order valence-corrected chi connectivity index (χ0v) is 10.5. The average molecular weight is 250 g/mol. The van der Waals surface area contributed by atoms with Crippen molar-refractivity contribution in [2.45, 2.75) is 13.0 Å². The number of aromatic nitrogens is 3. The zero-order chi connectivity index (χ0) is 12.7. The molecule has 3 aromatic rings. The molecular weight excluding hydrogens is 236 g/mol. The number of benzene rings is 1. The lowest BCUT2D eigenvalue weighted by Gasteiger charge is -2.26. The van der Waals surface area contributed by atoms with Gasteiger partial charge in [-0.15, -0.1) is 0 Å². The first-order valence-electron chi connectivity index (χ1n) is 6.52. The van der Waals surface area contributed by atoms with Crippen LogP contribution in [0.4, 0.5) is 5.95 Å². The Morgan fingerprint density at radius 3 is 2.79 bits per heavy atom. The maximum Gasteiger partial charge on any atom is 0.225 e. The molecule has 0 unspecified atom stereocenters. The average Bonchev–Trinajstić information content (AvgIpc) is 2.86. The molecule has 1 aliphatic rings. The molecule has 4 nitrogen and oxygen atoms in total. The summed E-state index contributed by atoms with van der Waals surface area (Å²) in [5.74, 6) is 0.818. The van der Waals surface area contributed by atoms with E-state index < -0.39 is 0 Å². The molecule has 0 atom stereocenters. The van der Waals surface area contributed by atoms with Crippen molar-refractivity contribution >= 4 is 16.9 Å². The van der Waals surface area contributed by atoms with Gasteiger partial charge in [-0.05, 0) is 12.1 Å². The van der Waals surface area contributed by atoms with Crippen LogP contribution in [0.5, 0.6) is 0 Å². The maximum atomic E-state index is 4.34. The van der Waals surface area contributed by atoms with Crippen molar-refractivity contribution in [3.63, 3.8) is 0 Å². The van der Waals surface area contributed by atoms with Crippen molar-refractivity contribution in [3.8, 4) is 0 Å². The topological polar surface area (TPSA) is 44.8 Å². The molecule has 19 heavy (non-hydrogen) atoms. The monoisotopic (exact) mass is 250 g/mol. The van der Waals surface area contributed by atoms with Crippen molar-refractivity contribution in [2.75, 3.05) is 11.4 Å². The van der Waals surface area contributed by atoms with Crippen LogP contribution in [0.25, 0.3) is 10.9 Å². The van der Waals surface area contributed by atoms with Crippen molar-refractivity contribution in [3.05, 3.63) is 54.0 Å². The highest BCUT2D eigenvalue weighted by molar-refractivity contribution is 5.85. The van der Waals surface area contributed by atoms with Crippen molar-refractivity contribution in [1.29, 1.82) is 0 Å². The van der Waals surface area contributed by atoms with E-state index in [1.54, 1.807) is 12.4 Å². The van der Waals surface area contributed by atoms with Gasteiger partial charge in [0.25, 0.3) is 0 Å². The number of nitrogens with one attached hydrogen (secondary N) is 1. The molecule has 0 radical (unpaired) electrons. The number of para-hydroxylation sites is 1. The standard InChI is InChI=1S/C15H14N4/c1-2-5-13-11(4-1)12-10-19(9-6-14(12)18-13)15-16-7-3-8-17-15/h1-5,7-8,18H,6,9-10H2. The van der Waals surface area contributed by atoms with Crippen molar-refractivity contribution in [1.82, 2.24) is 15.0 Å². The first-order valence-corrected chi connectivity index (χ1v) is 6.52. The van der Waals surface area contributed by atoms with Crippen LogP contribution in [0.1, 0.15) is 11.3 Å². The van der Waals surface area contributed by atoms with Crippen LogP contribution < -0.4 is 4.90 Å². The number of hydrogen-bond donors (Lipinski definition) is 1. The van der Waals surface area contributed by atoms with Crippen LogP contribution in [0.3, 0.4) is 0 Å². The van der Waals surface area contributed by atoms with Crippen LogP contribution in [0.15, 0.2) is 42.7 Å². The van der Waals surface area contributed by atoms with Gasteiger partial charge in [0.1, 0.15) is 0 Å². The molecule has 94 valence electrons. The second-order valence-corrected chi connectivity index (χ2v) is 4.85. The molecule has 3 heterocycles. The third kappa shape index (κ3) is 1.68. The summed E-state index contributed by atoms with van der Waals surface area (Å²) in [7, 11) is 0. The quantitative estimate of drug-likeness (QED) is 0.721. The van der Waals surface area contributed by atoms with Gasteiger partial charge < -0.3 is 9.88 Å². The number of H-pyrrole nitrogens is 1. The van der Waals surface area contributed by atoms with E-state index in [-0.39, 0.29) is 0 Å². The second-order valence-electron chi connectivity index (χ2n) is 4.85. The van der Waals surface area contributed by atoms with Gasteiger partial charge in [0.15, 0.2) is 0 Å². The van der Waals surface area contributed by atoms with E-state index in [2.05, 4.69) is 44.1 Å². The van der Waals surface area contributed by atoms with E-state index in [0.29, 0.717) is 0 Å². The molecule has 4 heteroatoms. The normalized spacial score (nSPS) is 14.6. The van der Waals surface area contributed by atoms with E-state index in [0.717, 1.165) is 25.5 Å². The molecule has 0 saturated heterocycles. The van der Waals surface area contributed by atoms with Gasteiger partial charge in [-0.2, -0.15) is 0 Å². The molecule has 1 N–H and O–H groups in total. The molecule has 0 spiro atoms. The Balaban J connectivity index is 1.77. The van der Waals surface area contributed by atoms with Crippen LogP contribution in [-0.2, 0) is 13.0 Å². The highest BCUT2D eigenvalue weighted by atomic mass is 15.2. The molecule has 1 aliphatic heterocycles. The third-order valence-electron chi connectivity index (χ3n) is 3.72. The van der Waals surface area contributed by atoms with Gasteiger partial charge in [0.2, 0.25) is 5.95 Å². The van der Waals surface area contributed by atoms with E-state index >= 15 is 0 Å². The Morgan fingerprint density at radius 2 is 1.89 bits per heavy atom. The second kappa shape index (κ2) is 4.09. The summed E-state index contributed by atoms with van der Waals surface area (Å²) in [6, 6.07) is 10.3. The largest absolute Gasteiger partial charge is 0.358 e. The number of anilines is 1. The van der Waals surface area contributed by atoms with Gasteiger partial charge in [-0.25, -0.2) is 9.97 Å². The van der Waals surface area contributed by atoms with Crippen LogP contribution in [-0.4, -0.2) is 21.5 Å². The summed E-state index contributed by atoms with van der Waals surface area (Å²) in [5, 5.41) is 1.32. The first-order chi connectivity index (χ1) is 9.42. The Bertz CT molecular complexity index is 717. The lowest BCUT2D eigenvalue weighted by atomic mass is 10.1. The van der Waals surface area contributed by atoms with Crippen LogP contribution in [0.2, 0.25) is 0 Å². The summed E-state index contributed by atoms with van der Waals surface area (Å²) >= 11 is 0. The molecule has 0 fully saturated rings. The van der Waals surface area contributed by atoms with Gasteiger partial charge in [0, 0.05) is 54.1 Å². The van der Waals surface area contributed by atoms with E-state index in [9.17, 15) is 0 Å². The van der Waals surface area contributed by atoms with E-state index in [1.807, 2.05) is 6.07 Å². The molecule has 2 aromatic heterocycles. The number of rotatable bonds is 1. The lowest BCUT2D eigenvalue weighted by Crippen LogP contribution is -2.31. The molecule has 1 aromatic carbocycles. The van der Waals surface area contributed by atoms with Gasteiger partial charge in [0.05, 0.1) is 0 Å². The predicted molar refractivity (Wildman–Crippen MR) is 75.1 cm³/mol. The minimum absolute atomic E-state index is 0.818. The number of hydrogen-bond acceptors (Lipinski definition) is 3. The first kappa shape index (κ1) is 10.6. The summed E-state index contributed by atoms with van der Waals surface area (Å²) < 4.78 is 0. The fraction of sp³-hybridized carbons (Fsp3) is 0.200. The number of aromatic amines is 1.